The molecule has 2 rings (SSSR count). The van der Waals surface area contributed by atoms with E-state index in [1.54, 1.807) is 11.3 Å². The molecule has 108 valence electrons. The summed E-state index contributed by atoms with van der Waals surface area (Å²) in [4.78, 5) is 2.39. The Morgan fingerprint density at radius 3 is 2.90 bits per heavy atom. The highest BCUT2D eigenvalue weighted by atomic mass is 32.1. The van der Waals surface area contributed by atoms with Gasteiger partial charge in [0.2, 0.25) is 0 Å². The van der Waals surface area contributed by atoms with Crippen molar-refractivity contribution in [3.05, 3.63) is 46.7 Å². The van der Waals surface area contributed by atoms with E-state index >= 15 is 0 Å². The lowest BCUT2D eigenvalue weighted by molar-refractivity contribution is 0.210. The van der Waals surface area contributed by atoms with Crippen molar-refractivity contribution in [2.45, 2.75) is 13.5 Å². The summed E-state index contributed by atoms with van der Waals surface area (Å²) in [5.74, 6) is 0.920. The Morgan fingerprint density at radius 1 is 1.30 bits per heavy atom. The average molecular weight is 290 g/mol. The molecule has 0 saturated heterocycles. The van der Waals surface area contributed by atoms with Crippen molar-refractivity contribution in [3.63, 3.8) is 0 Å². The van der Waals surface area contributed by atoms with Gasteiger partial charge in [0, 0.05) is 31.9 Å². The summed E-state index contributed by atoms with van der Waals surface area (Å²) in [6.07, 6.45) is 0. The number of hydrogen-bond acceptors (Lipinski definition) is 4. The maximum Gasteiger partial charge on any atom is 0.121 e. The van der Waals surface area contributed by atoms with E-state index in [-0.39, 0.29) is 0 Å². The lowest BCUT2D eigenvalue weighted by atomic mass is 10.3. The SMILES string of the molecule is CCN(CCOc1cccc(NC)c1)Cc1ccsc1. The van der Waals surface area contributed by atoms with Gasteiger partial charge >= 0.3 is 0 Å². The number of nitrogens with zero attached hydrogens (tertiary/aromatic N) is 1. The number of benzene rings is 1. The Labute approximate surface area is 125 Å². The van der Waals surface area contributed by atoms with Gasteiger partial charge in [-0.25, -0.2) is 0 Å². The quantitative estimate of drug-likeness (QED) is 0.802. The van der Waals surface area contributed by atoms with Gasteiger partial charge in [0.25, 0.3) is 0 Å². The molecule has 0 aliphatic carbocycles. The Kier molecular flexibility index (Phi) is 5.89. The van der Waals surface area contributed by atoms with E-state index in [9.17, 15) is 0 Å². The largest absolute Gasteiger partial charge is 0.492 e. The number of anilines is 1. The molecule has 1 N–H and O–H groups in total. The van der Waals surface area contributed by atoms with Crippen LogP contribution in [0.15, 0.2) is 41.1 Å². The van der Waals surface area contributed by atoms with E-state index in [2.05, 4.69) is 34.0 Å². The first-order valence-corrected chi connectivity index (χ1v) is 7.90. The van der Waals surface area contributed by atoms with Crippen molar-refractivity contribution in [1.29, 1.82) is 0 Å². The van der Waals surface area contributed by atoms with E-state index < -0.39 is 0 Å². The standard InChI is InChI=1S/C16H22N2OS/c1-3-18(12-14-7-10-20-13-14)8-9-19-16-6-4-5-15(11-16)17-2/h4-7,10-11,13,17H,3,8-9,12H2,1-2H3. The summed E-state index contributed by atoms with van der Waals surface area (Å²) in [6.45, 7) is 5.88. The first-order valence-electron chi connectivity index (χ1n) is 6.96. The molecule has 0 unspecified atom stereocenters. The fourth-order valence-corrected chi connectivity index (χ4v) is 2.68. The summed E-state index contributed by atoms with van der Waals surface area (Å²) in [6, 6.07) is 10.2. The average Bonchev–Trinajstić information content (AvgIpc) is 2.99. The Hall–Kier alpha value is -1.52. The van der Waals surface area contributed by atoms with Gasteiger partial charge in [-0.1, -0.05) is 13.0 Å². The topological polar surface area (TPSA) is 24.5 Å². The van der Waals surface area contributed by atoms with Crippen LogP contribution in [-0.2, 0) is 6.54 Å². The van der Waals surface area contributed by atoms with Gasteiger partial charge < -0.3 is 10.1 Å². The maximum absolute atomic E-state index is 5.82. The van der Waals surface area contributed by atoms with Crippen LogP contribution >= 0.6 is 11.3 Å². The molecule has 1 aromatic heterocycles. The second-order valence-corrected chi connectivity index (χ2v) is 5.41. The summed E-state index contributed by atoms with van der Waals surface area (Å²) in [5, 5.41) is 7.45. The highest BCUT2D eigenvalue weighted by Gasteiger charge is 2.04. The molecule has 0 saturated carbocycles. The molecule has 0 amide bonds. The van der Waals surface area contributed by atoms with Crippen molar-refractivity contribution in [3.8, 4) is 5.75 Å². The molecular formula is C16H22N2OS. The monoisotopic (exact) mass is 290 g/mol. The van der Waals surface area contributed by atoms with Crippen LogP contribution < -0.4 is 10.1 Å². The van der Waals surface area contributed by atoms with Crippen molar-refractivity contribution in [1.82, 2.24) is 4.90 Å². The van der Waals surface area contributed by atoms with Crippen LogP contribution in [0.5, 0.6) is 5.75 Å². The van der Waals surface area contributed by atoms with E-state index in [4.69, 9.17) is 4.74 Å². The number of likely N-dealkylation sites (N-methyl/N-ethyl adjacent to an activating group) is 1. The zero-order valence-corrected chi connectivity index (χ0v) is 13.0. The van der Waals surface area contributed by atoms with Gasteiger partial charge in [0.15, 0.2) is 0 Å². The number of hydrogen-bond donors (Lipinski definition) is 1. The molecular weight excluding hydrogens is 268 g/mol. The molecule has 0 atom stereocenters. The Bertz CT molecular complexity index is 499. The molecule has 1 aromatic carbocycles. The molecule has 1 heterocycles. The summed E-state index contributed by atoms with van der Waals surface area (Å²) in [5.41, 5.74) is 2.46. The van der Waals surface area contributed by atoms with Crippen LogP contribution in [0.2, 0.25) is 0 Å². The van der Waals surface area contributed by atoms with Crippen molar-refractivity contribution < 1.29 is 4.74 Å². The second-order valence-electron chi connectivity index (χ2n) is 4.63. The third-order valence-corrected chi connectivity index (χ3v) is 3.96. The highest BCUT2D eigenvalue weighted by Crippen LogP contribution is 2.16. The molecule has 0 radical (unpaired) electrons. The maximum atomic E-state index is 5.82. The van der Waals surface area contributed by atoms with Crippen LogP contribution in [0, 0.1) is 0 Å². The van der Waals surface area contributed by atoms with Gasteiger partial charge in [-0.2, -0.15) is 11.3 Å². The fourth-order valence-electron chi connectivity index (χ4n) is 2.02. The predicted octanol–water partition coefficient (Wildman–Crippen LogP) is 3.69. The molecule has 0 spiro atoms. The molecule has 0 fully saturated rings. The minimum absolute atomic E-state index is 0.713. The van der Waals surface area contributed by atoms with Gasteiger partial charge in [-0.3, -0.25) is 4.90 Å². The van der Waals surface area contributed by atoms with E-state index in [1.807, 2.05) is 31.3 Å². The minimum atomic E-state index is 0.713. The first kappa shape index (κ1) is 14.9. The number of nitrogens with one attached hydrogen (secondary N) is 1. The zero-order chi connectivity index (χ0) is 14.2. The number of ether oxygens (including phenoxy) is 1. The van der Waals surface area contributed by atoms with Gasteiger partial charge in [-0.15, -0.1) is 0 Å². The highest BCUT2D eigenvalue weighted by molar-refractivity contribution is 7.07. The smallest absolute Gasteiger partial charge is 0.121 e. The predicted molar refractivity (Wildman–Crippen MR) is 86.8 cm³/mol. The van der Waals surface area contributed by atoms with Gasteiger partial charge in [-0.05, 0) is 41.1 Å². The molecule has 0 aliphatic heterocycles. The van der Waals surface area contributed by atoms with Crippen LogP contribution in [0.1, 0.15) is 12.5 Å². The first-order chi connectivity index (χ1) is 9.81. The summed E-state index contributed by atoms with van der Waals surface area (Å²) < 4.78 is 5.82. The van der Waals surface area contributed by atoms with Gasteiger partial charge in [0.1, 0.15) is 12.4 Å². The van der Waals surface area contributed by atoms with Crippen molar-refractivity contribution in [2.24, 2.45) is 0 Å². The molecule has 3 nitrogen and oxygen atoms in total. The molecule has 4 heteroatoms. The molecule has 20 heavy (non-hydrogen) atoms. The Balaban J connectivity index is 1.78. The molecule has 0 bridgehead atoms. The fraction of sp³-hybridized carbons (Fsp3) is 0.375. The third kappa shape index (κ3) is 4.54. The molecule has 0 aliphatic rings. The lowest BCUT2D eigenvalue weighted by Gasteiger charge is -2.20. The third-order valence-electron chi connectivity index (χ3n) is 3.23. The van der Waals surface area contributed by atoms with Gasteiger partial charge in [0.05, 0.1) is 0 Å². The van der Waals surface area contributed by atoms with Crippen molar-refractivity contribution in [2.75, 3.05) is 32.1 Å². The van der Waals surface area contributed by atoms with Crippen LogP contribution in [0.25, 0.3) is 0 Å². The van der Waals surface area contributed by atoms with Crippen molar-refractivity contribution >= 4 is 17.0 Å². The molecule has 2 aromatic rings. The summed E-state index contributed by atoms with van der Waals surface area (Å²) in [7, 11) is 1.92. The second kappa shape index (κ2) is 7.92. The normalized spacial score (nSPS) is 10.8. The van der Waals surface area contributed by atoms with E-state index in [1.165, 1.54) is 5.56 Å². The van der Waals surface area contributed by atoms with Crippen LogP contribution in [0.4, 0.5) is 5.69 Å². The van der Waals surface area contributed by atoms with E-state index in [0.717, 1.165) is 31.1 Å². The van der Waals surface area contributed by atoms with Crippen LogP contribution in [-0.4, -0.2) is 31.6 Å². The Morgan fingerprint density at radius 2 is 2.20 bits per heavy atom. The number of thiophene rings is 1. The summed E-state index contributed by atoms with van der Waals surface area (Å²) >= 11 is 1.75. The van der Waals surface area contributed by atoms with Crippen LogP contribution in [0.3, 0.4) is 0 Å². The minimum Gasteiger partial charge on any atom is -0.492 e. The number of rotatable bonds is 8. The lowest BCUT2D eigenvalue weighted by Crippen LogP contribution is -2.27. The van der Waals surface area contributed by atoms with E-state index in [0.29, 0.717) is 6.61 Å². The zero-order valence-electron chi connectivity index (χ0n) is 12.1.